The number of ether oxygens (including phenoxy) is 1. The van der Waals surface area contributed by atoms with Gasteiger partial charge >= 0.3 is 0 Å². The van der Waals surface area contributed by atoms with Crippen molar-refractivity contribution < 1.29 is 14.6 Å². The van der Waals surface area contributed by atoms with Crippen LogP contribution in [-0.2, 0) is 0 Å². The molecule has 0 saturated carbocycles. The van der Waals surface area contributed by atoms with Gasteiger partial charge in [-0.25, -0.2) is 0 Å². The van der Waals surface area contributed by atoms with Crippen molar-refractivity contribution in [1.82, 2.24) is 0 Å². The molecule has 5 heteroatoms. The highest BCUT2D eigenvalue weighted by atomic mass is 16.5. The Kier molecular flexibility index (Phi) is 3.74. The lowest BCUT2D eigenvalue weighted by atomic mass is 9.82. The molecule has 0 bridgehead atoms. The van der Waals surface area contributed by atoms with Gasteiger partial charge in [-0.1, -0.05) is 29.8 Å². The molecule has 0 amide bonds. The molecule has 0 saturated heterocycles. The number of hydrogen-bond donors (Lipinski definition) is 2. The predicted molar refractivity (Wildman–Crippen MR) is 88.6 cm³/mol. The quantitative estimate of drug-likeness (QED) is 0.829. The Morgan fingerprint density at radius 2 is 1.92 bits per heavy atom. The number of nitrogens with two attached hydrogens (primary N) is 1. The fourth-order valence-corrected chi connectivity index (χ4v) is 2.91. The number of nitrogens with zero attached hydrogens (tertiary/aromatic N) is 1. The fraction of sp³-hybridized carbons (Fsp3) is 0.158. The van der Waals surface area contributed by atoms with E-state index in [1.807, 2.05) is 31.2 Å². The van der Waals surface area contributed by atoms with Crippen LogP contribution in [0.25, 0.3) is 0 Å². The van der Waals surface area contributed by atoms with Crippen molar-refractivity contribution in [1.29, 1.82) is 5.26 Å². The molecule has 5 nitrogen and oxygen atoms in total. The molecule has 0 aromatic heterocycles. The van der Waals surface area contributed by atoms with Crippen LogP contribution in [0.2, 0.25) is 0 Å². The van der Waals surface area contributed by atoms with Crippen LogP contribution in [0, 0.1) is 18.3 Å². The number of ketones is 1. The smallest absolute Gasteiger partial charge is 0.205 e. The number of benzene rings is 2. The largest absolute Gasteiger partial charge is 0.507 e. The van der Waals surface area contributed by atoms with Crippen molar-refractivity contribution in [2.75, 3.05) is 0 Å². The average molecular weight is 320 g/mol. The van der Waals surface area contributed by atoms with Crippen LogP contribution in [0.15, 0.2) is 47.9 Å². The van der Waals surface area contributed by atoms with Gasteiger partial charge in [-0.3, -0.25) is 4.79 Å². The molecule has 2 aromatic rings. The zero-order valence-electron chi connectivity index (χ0n) is 13.3. The lowest BCUT2D eigenvalue weighted by Crippen LogP contribution is -2.21. The number of phenols is 1. The fourth-order valence-electron chi connectivity index (χ4n) is 2.91. The minimum Gasteiger partial charge on any atom is -0.507 e. The minimum absolute atomic E-state index is 0.00514. The lowest BCUT2D eigenvalue weighted by Gasteiger charge is -2.27. The molecule has 0 fully saturated rings. The third kappa shape index (κ3) is 2.38. The van der Waals surface area contributed by atoms with E-state index in [-0.39, 0.29) is 28.6 Å². The van der Waals surface area contributed by atoms with E-state index in [9.17, 15) is 15.2 Å². The Morgan fingerprint density at radius 1 is 1.25 bits per heavy atom. The van der Waals surface area contributed by atoms with Crippen LogP contribution in [0.4, 0.5) is 0 Å². The number of carbonyl (C=O) groups is 1. The molecular weight excluding hydrogens is 304 g/mol. The second-order valence-corrected chi connectivity index (χ2v) is 5.77. The molecule has 120 valence electrons. The van der Waals surface area contributed by atoms with E-state index >= 15 is 0 Å². The van der Waals surface area contributed by atoms with E-state index in [1.54, 1.807) is 6.07 Å². The number of carbonyl (C=O) groups excluding carboxylic acids is 1. The molecule has 3 rings (SSSR count). The number of rotatable bonds is 2. The summed E-state index contributed by atoms with van der Waals surface area (Å²) in [4.78, 5) is 11.8. The topological polar surface area (TPSA) is 96.3 Å². The Balaban J connectivity index is 2.30. The van der Waals surface area contributed by atoms with Crippen LogP contribution in [0.1, 0.15) is 39.9 Å². The Bertz CT molecular complexity index is 905. The Morgan fingerprint density at radius 3 is 2.50 bits per heavy atom. The second kappa shape index (κ2) is 5.74. The molecule has 24 heavy (non-hydrogen) atoms. The van der Waals surface area contributed by atoms with Crippen LogP contribution in [0.3, 0.4) is 0 Å². The van der Waals surface area contributed by atoms with Crippen molar-refractivity contribution in [2.24, 2.45) is 5.73 Å². The number of aryl methyl sites for hydroxylation is 1. The summed E-state index contributed by atoms with van der Waals surface area (Å²) in [5.74, 6) is -0.673. The van der Waals surface area contributed by atoms with E-state index in [0.29, 0.717) is 11.3 Å². The lowest BCUT2D eigenvalue weighted by molar-refractivity contribution is 0.101. The molecule has 1 unspecified atom stereocenters. The molecule has 1 heterocycles. The van der Waals surface area contributed by atoms with Crippen molar-refractivity contribution in [3.63, 3.8) is 0 Å². The van der Waals surface area contributed by atoms with E-state index in [2.05, 4.69) is 6.07 Å². The number of Topliss-reactive ketones (excluding diaryl/α,β-unsaturated/α-hetero) is 1. The van der Waals surface area contributed by atoms with Gasteiger partial charge in [0.05, 0.1) is 17.0 Å². The summed E-state index contributed by atoms with van der Waals surface area (Å²) < 4.78 is 5.49. The molecule has 0 spiro atoms. The van der Waals surface area contributed by atoms with Gasteiger partial charge in [-0.05, 0) is 31.5 Å². The zero-order chi connectivity index (χ0) is 17.4. The summed E-state index contributed by atoms with van der Waals surface area (Å²) in [6.45, 7) is 3.34. The standard InChI is InChI=1S/C19H16N2O3/c1-10-3-5-12(6-4-10)16-14(9-20)19(21)24-15-8-7-13(11(2)22)18(23)17(15)16/h3-8,16,23H,21H2,1-2H3. The first-order chi connectivity index (χ1) is 11.4. The maximum atomic E-state index is 11.8. The summed E-state index contributed by atoms with van der Waals surface area (Å²) in [7, 11) is 0. The highest BCUT2D eigenvalue weighted by Crippen LogP contribution is 2.47. The molecule has 2 aromatic carbocycles. The number of aromatic hydroxyl groups is 1. The summed E-state index contributed by atoms with van der Waals surface area (Å²) in [6, 6.07) is 12.7. The maximum Gasteiger partial charge on any atom is 0.205 e. The summed E-state index contributed by atoms with van der Waals surface area (Å²) in [6.07, 6.45) is 0. The van der Waals surface area contributed by atoms with E-state index < -0.39 is 5.92 Å². The van der Waals surface area contributed by atoms with Crippen LogP contribution < -0.4 is 10.5 Å². The first-order valence-corrected chi connectivity index (χ1v) is 7.45. The first kappa shape index (κ1) is 15.6. The number of hydrogen-bond acceptors (Lipinski definition) is 5. The SMILES string of the molecule is CC(=O)c1ccc2c(c1O)C(c1ccc(C)cc1)C(C#N)=C(N)O2. The molecule has 1 atom stereocenters. The van der Waals surface area contributed by atoms with Gasteiger partial charge in [-0.15, -0.1) is 0 Å². The summed E-state index contributed by atoms with van der Waals surface area (Å²) >= 11 is 0. The summed E-state index contributed by atoms with van der Waals surface area (Å²) in [5.41, 5.74) is 8.55. The minimum atomic E-state index is -0.585. The predicted octanol–water partition coefficient (Wildman–Crippen LogP) is 3.12. The van der Waals surface area contributed by atoms with Gasteiger partial charge in [-0.2, -0.15) is 5.26 Å². The summed E-state index contributed by atoms with van der Waals surface area (Å²) in [5, 5.41) is 20.1. The average Bonchev–Trinajstić information content (AvgIpc) is 2.54. The third-order valence-corrected chi connectivity index (χ3v) is 4.15. The molecule has 0 radical (unpaired) electrons. The second-order valence-electron chi connectivity index (χ2n) is 5.77. The Labute approximate surface area is 139 Å². The van der Waals surface area contributed by atoms with Crippen molar-refractivity contribution in [3.05, 3.63) is 70.1 Å². The maximum absolute atomic E-state index is 11.8. The number of nitriles is 1. The highest BCUT2D eigenvalue weighted by Gasteiger charge is 2.34. The molecule has 3 N–H and O–H groups in total. The number of allylic oxidation sites excluding steroid dienone is 1. The number of fused-ring (bicyclic) bond motifs is 1. The highest BCUT2D eigenvalue weighted by molar-refractivity contribution is 5.97. The normalized spacial score (nSPS) is 16.1. The monoisotopic (exact) mass is 320 g/mol. The first-order valence-electron chi connectivity index (χ1n) is 7.45. The molecule has 0 aliphatic carbocycles. The van der Waals surface area contributed by atoms with Crippen molar-refractivity contribution in [3.8, 4) is 17.6 Å². The Hall–Kier alpha value is -3.26. The van der Waals surface area contributed by atoms with E-state index in [0.717, 1.165) is 11.1 Å². The molecule has 1 aliphatic heterocycles. The van der Waals surface area contributed by atoms with Crippen LogP contribution in [0.5, 0.6) is 11.5 Å². The van der Waals surface area contributed by atoms with Gasteiger partial charge in [0.25, 0.3) is 0 Å². The van der Waals surface area contributed by atoms with Gasteiger partial charge in [0.15, 0.2) is 5.78 Å². The van der Waals surface area contributed by atoms with Crippen LogP contribution in [-0.4, -0.2) is 10.9 Å². The molecule has 1 aliphatic rings. The van der Waals surface area contributed by atoms with Crippen LogP contribution >= 0.6 is 0 Å². The van der Waals surface area contributed by atoms with Gasteiger partial charge in [0.2, 0.25) is 5.88 Å². The zero-order valence-corrected chi connectivity index (χ0v) is 13.3. The van der Waals surface area contributed by atoms with E-state index in [1.165, 1.54) is 13.0 Å². The van der Waals surface area contributed by atoms with Gasteiger partial charge < -0.3 is 15.6 Å². The van der Waals surface area contributed by atoms with Crippen molar-refractivity contribution in [2.45, 2.75) is 19.8 Å². The van der Waals surface area contributed by atoms with Crippen molar-refractivity contribution >= 4 is 5.78 Å². The number of phenolic OH excluding ortho intramolecular Hbond substituents is 1. The van der Waals surface area contributed by atoms with E-state index in [4.69, 9.17) is 10.5 Å². The molecular formula is C19H16N2O3. The third-order valence-electron chi connectivity index (χ3n) is 4.15. The van der Waals surface area contributed by atoms with Gasteiger partial charge in [0, 0.05) is 0 Å². The van der Waals surface area contributed by atoms with Gasteiger partial charge in [0.1, 0.15) is 23.1 Å².